The van der Waals surface area contributed by atoms with Crippen LogP contribution in [0.5, 0.6) is 5.75 Å². The van der Waals surface area contributed by atoms with E-state index in [2.05, 4.69) is 6.92 Å². The summed E-state index contributed by atoms with van der Waals surface area (Å²) in [6.45, 7) is 6.75. The largest absolute Gasteiger partial charge is 0.494 e. The summed E-state index contributed by atoms with van der Waals surface area (Å²) in [6.07, 6.45) is 7.28. The zero-order chi connectivity index (χ0) is 33.1. The molecule has 242 valence electrons. The maximum Gasteiger partial charge on any atom is 0.306 e. The van der Waals surface area contributed by atoms with E-state index in [0.29, 0.717) is 23.7 Å². The Kier molecular flexibility index (Phi) is 18.6. The minimum Gasteiger partial charge on any atom is -0.494 e. The molecular formula is C35H48ClFN2O5. The number of hydrogen-bond donors (Lipinski definition) is 4. The van der Waals surface area contributed by atoms with Crippen LogP contribution in [0.25, 0.3) is 11.1 Å². The summed E-state index contributed by atoms with van der Waals surface area (Å²) in [6, 6.07) is 17.8. The number of benzene rings is 3. The number of carbonyl (C=O) groups is 2. The molecule has 0 spiro atoms. The van der Waals surface area contributed by atoms with Crippen molar-refractivity contribution in [1.82, 2.24) is 0 Å². The fourth-order valence-corrected chi connectivity index (χ4v) is 5.00. The van der Waals surface area contributed by atoms with Gasteiger partial charge in [-0.3, -0.25) is 9.59 Å². The molecule has 3 aromatic rings. The summed E-state index contributed by atoms with van der Waals surface area (Å²) in [7, 11) is 1.35. The van der Waals surface area contributed by atoms with Gasteiger partial charge in [0.2, 0.25) is 5.91 Å². The molecule has 0 heterocycles. The number of carboxylic acid groups (broad SMARTS) is 1. The Balaban J connectivity index is 0.000000497. The van der Waals surface area contributed by atoms with Crippen LogP contribution in [0.2, 0.25) is 5.02 Å². The standard InChI is InChI=1S/C22H20ClFN2O2.C7H12O2.C4H10O.C2H6/c1-28-19-10-8-15(22(26)27)20(21(19)24)16-11-14(7-9-18(16)23)17(12-25)13-5-3-2-4-6-13;8-7(9)6-4-2-1-3-5-6;1-2-3-4-5;1-2/h2-11,17H,12,25H2,1H3,(H2,26,27);6H,1-5H2,(H,8,9);5H,2-4H2,1H3;1-2H3. The van der Waals surface area contributed by atoms with Crippen LogP contribution in [-0.4, -0.2) is 42.4 Å². The Hall–Kier alpha value is -3.46. The monoisotopic (exact) mass is 630 g/mol. The second-order valence-electron chi connectivity index (χ2n) is 10.1. The molecule has 1 atom stereocenters. The van der Waals surface area contributed by atoms with Gasteiger partial charge in [0.05, 0.1) is 18.6 Å². The molecule has 1 saturated carbocycles. The number of aliphatic hydroxyl groups is 1. The van der Waals surface area contributed by atoms with E-state index in [4.69, 9.17) is 38.0 Å². The van der Waals surface area contributed by atoms with Crippen molar-refractivity contribution in [3.63, 3.8) is 0 Å². The van der Waals surface area contributed by atoms with E-state index in [1.54, 1.807) is 12.1 Å². The first-order chi connectivity index (χ1) is 21.2. The lowest BCUT2D eigenvalue weighted by atomic mass is 9.88. The van der Waals surface area contributed by atoms with Crippen molar-refractivity contribution in [2.75, 3.05) is 20.3 Å². The number of halogens is 2. The smallest absolute Gasteiger partial charge is 0.306 e. The van der Waals surface area contributed by atoms with Crippen molar-refractivity contribution in [3.05, 3.63) is 88.2 Å². The van der Waals surface area contributed by atoms with Crippen molar-refractivity contribution >= 4 is 23.5 Å². The molecule has 44 heavy (non-hydrogen) atoms. The highest BCUT2D eigenvalue weighted by molar-refractivity contribution is 6.33. The number of nitrogens with two attached hydrogens (primary N) is 2. The van der Waals surface area contributed by atoms with E-state index in [0.717, 1.165) is 49.7 Å². The molecule has 0 aromatic heterocycles. The van der Waals surface area contributed by atoms with Gasteiger partial charge < -0.3 is 26.4 Å². The van der Waals surface area contributed by atoms with E-state index < -0.39 is 17.7 Å². The third-order valence-corrected chi connectivity index (χ3v) is 7.49. The van der Waals surface area contributed by atoms with Crippen LogP contribution in [0.1, 0.15) is 93.1 Å². The molecule has 0 radical (unpaired) electrons. The highest BCUT2D eigenvalue weighted by atomic mass is 35.5. The lowest BCUT2D eigenvalue weighted by molar-refractivity contribution is -0.142. The Labute approximate surface area is 266 Å². The van der Waals surface area contributed by atoms with Crippen molar-refractivity contribution in [3.8, 4) is 16.9 Å². The Bertz CT molecular complexity index is 1280. The third-order valence-electron chi connectivity index (χ3n) is 7.16. The molecule has 0 saturated heterocycles. The molecule has 9 heteroatoms. The van der Waals surface area contributed by atoms with Crippen LogP contribution in [-0.2, 0) is 4.79 Å². The predicted molar refractivity (Wildman–Crippen MR) is 177 cm³/mol. The number of hydrogen-bond acceptors (Lipinski definition) is 5. The zero-order valence-electron chi connectivity index (χ0n) is 26.3. The summed E-state index contributed by atoms with van der Waals surface area (Å²) in [5.74, 6) is -2.19. The van der Waals surface area contributed by atoms with Gasteiger partial charge in [-0.1, -0.05) is 94.5 Å². The number of carboxylic acids is 1. The van der Waals surface area contributed by atoms with Crippen molar-refractivity contribution in [2.24, 2.45) is 17.4 Å². The Morgan fingerprint density at radius 2 is 1.66 bits per heavy atom. The summed E-state index contributed by atoms with van der Waals surface area (Å²) in [5, 5.41) is 16.9. The quantitative estimate of drug-likeness (QED) is 0.190. The van der Waals surface area contributed by atoms with E-state index >= 15 is 4.39 Å². The van der Waals surface area contributed by atoms with Crippen LogP contribution in [0.4, 0.5) is 4.39 Å². The number of aliphatic hydroxyl groups excluding tert-OH is 1. The maximum absolute atomic E-state index is 15.1. The second-order valence-corrected chi connectivity index (χ2v) is 10.5. The van der Waals surface area contributed by atoms with Gasteiger partial charge in [-0.05, 0) is 54.7 Å². The number of amides is 1. The van der Waals surface area contributed by atoms with Crippen LogP contribution < -0.4 is 16.2 Å². The molecule has 7 nitrogen and oxygen atoms in total. The number of methoxy groups -OCH3 is 1. The predicted octanol–water partition coefficient (Wildman–Crippen LogP) is 7.80. The van der Waals surface area contributed by atoms with Crippen LogP contribution in [0.15, 0.2) is 60.7 Å². The van der Waals surface area contributed by atoms with Crippen molar-refractivity contribution < 1.29 is 28.9 Å². The number of ether oxygens (including phenoxy) is 1. The van der Waals surface area contributed by atoms with Crippen LogP contribution >= 0.6 is 11.6 Å². The van der Waals surface area contributed by atoms with Crippen LogP contribution in [0, 0.1) is 11.7 Å². The molecular weight excluding hydrogens is 583 g/mol. The second kappa shape index (κ2) is 21.3. The number of rotatable bonds is 9. The van der Waals surface area contributed by atoms with E-state index in [1.807, 2.05) is 50.2 Å². The van der Waals surface area contributed by atoms with Gasteiger partial charge in [-0.15, -0.1) is 0 Å². The lowest BCUT2D eigenvalue weighted by Gasteiger charge is -2.19. The molecule has 1 unspecified atom stereocenters. The summed E-state index contributed by atoms with van der Waals surface area (Å²) < 4.78 is 20.1. The minimum absolute atomic E-state index is 0.0000889. The molecule has 6 N–H and O–H groups in total. The average Bonchev–Trinajstić information content (AvgIpc) is 3.05. The number of aliphatic carboxylic acids is 1. The molecule has 1 aliphatic rings. The van der Waals surface area contributed by atoms with Gasteiger partial charge in [0.1, 0.15) is 0 Å². The molecule has 0 bridgehead atoms. The van der Waals surface area contributed by atoms with E-state index in [-0.39, 0.29) is 28.7 Å². The van der Waals surface area contributed by atoms with Crippen molar-refractivity contribution in [1.29, 1.82) is 0 Å². The summed E-state index contributed by atoms with van der Waals surface area (Å²) >= 11 is 6.38. The Morgan fingerprint density at radius 3 is 2.11 bits per heavy atom. The topological polar surface area (TPSA) is 136 Å². The van der Waals surface area contributed by atoms with Gasteiger partial charge >= 0.3 is 5.97 Å². The SMILES string of the molecule is CC.CCCCO.COc1ccc(C(N)=O)c(-c2cc(C(CN)c3ccccc3)ccc2Cl)c1F.O=C(O)C1CCCCC1. The fraction of sp³-hybridized carbons (Fsp3) is 0.429. The summed E-state index contributed by atoms with van der Waals surface area (Å²) in [5.41, 5.74) is 13.8. The number of primary amides is 1. The average molecular weight is 631 g/mol. The summed E-state index contributed by atoms with van der Waals surface area (Å²) in [4.78, 5) is 22.3. The highest BCUT2D eigenvalue weighted by Crippen LogP contribution is 2.39. The first-order valence-corrected chi connectivity index (χ1v) is 15.6. The van der Waals surface area contributed by atoms with Crippen molar-refractivity contribution in [2.45, 2.75) is 71.6 Å². The van der Waals surface area contributed by atoms with Gasteiger partial charge in [0.25, 0.3) is 0 Å². The highest BCUT2D eigenvalue weighted by Gasteiger charge is 2.23. The molecule has 1 aliphatic carbocycles. The number of carbonyl (C=O) groups excluding carboxylic acids is 1. The fourth-order valence-electron chi connectivity index (χ4n) is 4.79. The van der Waals surface area contributed by atoms with E-state index in [9.17, 15) is 9.59 Å². The van der Waals surface area contributed by atoms with Crippen LogP contribution in [0.3, 0.4) is 0 Å². The molecule has 0 aliphatic heterocycles. The van der Waals surface area contributed by atoms with Gasteiger partial charge in [-0.25, -0.2) is 4.39 Å². The maximum atomic E-state index is 15.1. The van der Waals surface area contributed by atoms with Gasteiger partial charge in [0, 0.05) is 35.2 Å². The molecule has 1 fully saturated rings. The first-order valence-electron chi connectivity index (χ1n) is 15.2. The number of unbranched alkanes of at least 4 members (excludes halogenated alkanes) is 1. The molecule has 4 rings (SSSR count). The Morgan fingerprint density at radius 1 is 1.02 bits per heavy atom. The van der Waals surface area contributed by atoms with Gasteiger partial charge in [0.15, 0.2) is 11.6 Å². The molecule has 1 amide bonds. The van der Waals surface area contributed by atoms with E-state index in [1.165, 1.54) is 25.7 Å². The minimum atomic E-state index is -0.753. The zero-order valence-corrected chi connectivity index (χ0v) is 27.1. The normalized spacial score (nSPS) is 13.1. The lowest BCUT2D eigenvalue weighted by Crippen LogP contribution is -2.16. The third kappa shape index (κ3) is 11.6. The molecule has 3 aromatic carbocycles. The van der Waals surface area contributed by atoms with Gasteiger partial charge in [-0.2, -0.15) is 0 Å². The first kappa shape index (κ1) is 38.6.